The van der Waals surface area contributed by atoms with Gasteiger partial charge in [-0.15, -0.1) is 11.6 Å². The standard InChI is InChI=1S/C9H13ClN2O/c1-12-6-11-5-8(12)9-7(4-10)2-3-13-9/h5-7,9H,2-4H2,1H3. The van der Waals surface area contributed by atoms with Gasteiger partial charge in [-0.1, -0.05) is 0 Å². The van der Waals surface area contributed by atoms with Crippen LogP contribution in [0.5, 0.6) is 0 Å². The minimum atomic E-state index is 0.144. The van der Waals surface area contributed by atoms with Crippen molar-refractivity contribution < 1.29 is 4.74 Å². The lowest BCUT2D eigenvalue weighted by Gasteiger charge is -2.16. The van der Waals surface area contributed by atoms with Gasteiger partial charge in [-0.3, -0.25) is 0 Å². The van der Waals surface area contributed by atoms with Crippen LogP contribution in [0.1, 0.15) is 18.2 Å². The second kappa shape index (κ2) is 3.68. The zero-order valence-electron chi connectivity index (χ0n) is 7.61. The molecule has 0 aliphatic carbocycles. The summed E-state index contributed by atoms with van der Waals surface area (Å²) < 4.78 is 7.63. The third-order valence-electron chi connectivity index (χ3n) is 2.56. The van der Waals surface area contributed by atoms with Gasteiger partial charge in [0.1, 0.15) is 6.10 Å². The maximum Gasteiger partial charge on any atom is 0.103 e. The van der Waals surface area contributed by atoms with Gasteiger partial charge in [0.15, 0.2) is 0 Å². The summed E-state index contributed by atoms with van der Waals surface area (Å²) in [6.07, 6.45) is 4.85. The predicted molar refractivity (Wildman–Crippen MR) is 50.7 cm³/mol. The Morgan fingerprint density at radius 2 is 2.62 bits per heavy atom. The van der Waals surface area contributed by atoms with Crippen molar-refractivity contribution >= 4 is 11.6 Å². The number of ether oxygens (including phenoxy) is 1. The molecule has 0 N–H and O–H groups in total. The zero-order chi connectivity index (χ0) is 9.26. The first kappa shape index (κ1) is 9.03. The molecular formula is C9H13ClN2O. The molecule has 0 spiro atoms. The van der Waals surface area contributed by atoms with Gasteiger partial charge in [0.2, 0.25) is 0 Å². The Balaban J connectivity index is 2.20. The van der Waals surface area contributed by atoms with E-state index in [1.54, 1.807) is 6.33 Å². The normalized spacial score (nSPS) is 28.2. The molecule has 0 bridgehead atoms. The van der Waals surface area contributed by atoms with E-state index in [1.807, 2.05) is 17.8 Å². The van der Waals surface area contributed by atoms with Crippen molar-refractivity contribution in [3.8, 4) is 0 Å². The van der Waals surface area contributed by atoms with Crippen LogP contribution in [0.4, 0.5) is 0 Å². The Labute approximate surface area is 82.7 Å². The minimum Gasteiger partial charge on any atom is -0.372 e. The summed E-state index contributed by atoms with van der Waals surface area (Å²) in [5.74, 6) is 1.10. The summed E-state index contributed by atoms with van der Waals surface area (Å²) in [5, 5.41) is 0. The van der Waals surface area contributed by atoms with E-state index in [4.69, 9.17) is 16.3 Å². The number of rotatable bonds is 2. The number of aromatic nitrogens is 2. The molecule has 2 heterocycles. The van der Waals surface area contributed by atoms with Gasteiger partial charge in [-0.25, -0.2) is 4.98 Å². The highest BCUT2D eigenvalue weighted by Crippen LogP contribution is 2.34. The van der Waals surface area contributed by atoms with Gasteiger partial charge in [-0.2, -0.15) is 0 Å². The maximum atomic E-state index is 5.86. The molecular weight excluding hydrogens is 188 g/mol. The molecule has 72 valence electrons. The largest absolute Gasteiger partial charge is 0.372 e. The van der Waals surface area contributed by atoms with E-state index in [9.17, 15) is 0 Å². The molecule has 3 nitrogen and oxygen atoms in total. The molecule has 1 fully saturated rings. The third-order valence-corrected chi connectivity index (χ3v) is 2.95. The number of hydrogen-bond donors (Lipinski definition) is 0. The fourth-order valence-corrected chi connectivity index (χ4v) is 2.08. The first-order valence-electron chi connectivity index (χ1n) is 4.46. The van der Waals surface area contributed by atoms with E-state index in [0.717, 1.165) is 18.7 Å². The Kier molecular flexibility index (Phi) is 2.56. The molecule has 2 atom stereocenters. The van der Waals surface area contributed by atoms with Gasteiger partial charge in [0, 0.05) is 25.5 Å². The van der Waals surface area contributed by atoms with Gasteiger partial charge < -0.3 is 9.30 Å². The molecule has 0 radical (unpaired) electrons. The molecule has 2 unspecified atom stereocenters. The van der Waals surface area contributed by atoms with Crippen molar-refractivity contribution in [1.29, 1.82) is 0 Å². The fourth-order valence-electron chi connectivity index (χ4n) is 1.76. The summed E-state index contributed by atoms with van der Waals surface area (Å²) in [6.45, 7) is 0.813. The molecule has 1 aromatic rings. The van der Waals surface area contributed by atoms with E-state index >= 15 is 0 Å². The van der Waals surface area contributed by atoms with E-state index in [1.165, 1.54) is 0 Å². The quantitative estimate of drug-likeness (QED) is 0.680. The van der Waals surface area contributed by atoms with E-state index in [0.29, 0.717) is 11.8 Å². The van der Waals surface area contributed by atoms with Crippen LogP contribution in [-0.2, 0) is 11.8 Å². The van der Waals surface area contributed by atoms with Gasteiger partial charge in [-0.05, 0) is 6.42 Å². The van der Waals surface area contributed by atoms with Crippen LogP contribution in [0, 0.1) is 5.92 Å². The number of halogens is 1. The topological polar surface area (TPSA) is 27.1 Å². The SMILES string of the molecule is Cn1cncc1C1OCCC1CCl. The van der Waals surface area contributed by atoms with Crippen LogP contribution in [0.3, 0.4) is 0 Å². The Bertz CT molecular complexity index is 287. The maximum absolute atomic E-state index is 5.86. The third kappa shape index (κ3) is 1.58. The average molecular weight is 201 g/mol. The number of nitrogens with zero attached hydrogens (tertiary/aromatic N) is 2. The Morgan fingerprint density at radius 1 is 1.77 bits per heavy atom. The first-order valence-corrected chi connectivity index (χ1v) is 5.00. The first-order chi connectivity index (χ1) is 6.33. The van der Waals surface area contributed by atoms with Crippen molar-refractivity contribution in [2.24, 2.45) is 13.0 Å². The van der Waals surface area contributed by atoms with Crippen LogP contribution in [0.25, 0.3) is 0 Å². The van der Waals surface area contributed by atoms with Crippen LogP contribution < -0.4 is 0 Å². The molecule has 1 aliphatic rings. The lowest BCUT2D eigenvalue weighted by Crippen LogP contribution is -2.12. The molecule has 2 rings (SSSR count). The predicted octanol–water partition coefficient (Wildman–Crippen LogP) is 1.74. The Morgan fingerprint density at radius 3 is 3.23 bits per heavy atom. The molecule has 1 aromatic heterocycles. The van der Waals surface area contributed by atoms with Crippen LogP contribution in [0.2, 0.25) is 0 Å². The highest BCUT2D eigenvalue weighted by molar-refractivity contribution is 6.18. The number of aryl methyl sites for hydroxylation is 1. The summed E-state index contributed by atoms with van der Waals surface area (Å²) >= 11 is 5.86. The number of alkyl halides is 1. The van der Waals surface area contributed by atoms with Crippen molar-refractivity contribution in [2.75, 3.05) is 12.5 Å². The van der Waals surface area contributed by atoms with Crippen LogP contribution in [0.15, 0.2) is 12.5 Å². The van der Waals surface area contributed by atoms with Gasteiger partial charge in [0.25, 0.3) is 0 Å². The summed E-state index contributed by atoms with van der Waals surface area (Å²) in [7, 11) is 1.98. The Hall–Kier alpha value is -0.540. The second-order valence-electron chi connectivity index (χ2n) is 3.42. The molecule has 1 saturated heterocycles. The minimum absolute atomic E-state index is 0.144. The van der Waals surface area contributed by atoms with Crippen molar-refractivity contribution in [2.45, 2.75) is 12.5 Å². The van der Waals surface area contributed by atoms with Crippen molar-refractivity contribution in [3.63, 3.8) is 0 Å². The van der Waals surface area contributed by atoms with Gasteiger partial charge >= 0.3 is 0 Å². The highest BCUT2D eigenvalue weighted by Gasteiger charge is 2.30. The van der Waals surface area contributed by atoms with Gasteiger partial charge in [0.05, 0.1) is 18.2 Å². The van der Waals surface area contributed by atoms with E-state index in [2.05, 4.69) is 4.98 Å². The number of imidazole rings is 1. The van der Waals surface area contributed by atoms with Crippen LogP contribution in [-0.4, -0.2) is 22.0 Å². The zero-order valence-corrected chi connectivity index (χ0v) is 8.37. The molecule has 0 saturated carbocycles. The lowest BCUT2D eigenvalue weighted by atomic mass is 10.0. The average Bonchev–Trinajstić information content (AvgIpc) is 2.71. The number of hydrogen-bond acceptors (Lipinski definition) is 2. The van der Waals surface area contributed by atoms with E-state index < -0.39 is 0 Å². The second-order valence-corrected chi connectivity index (χ2v) is 3.73. The summed E-state index contributed by atoms with van der Waals surface area (Å²) in [6, 6.07) is 0. The molecule has 0 amide bonds. The summed E-state index contributed by atoms with van der Waals surface area (Å²) in [5.41, 5.74) is 1.13. The summed E-state index contributed by atoms with van der Waals surface area (Å²) in [4.78, 5) is 4.07. The highest BCUT2D eigenvalue weighted by atomic mass is 35.5. The monoisotopic (exact) mass is 200 g/mol. The molecule has 13 heavy (non-hydrogen) atoms. The van der Waals surface area contributed by atoms with Crippen molar-refractivity contribution in [3.05, 3.63) is 18.2 Å². The van der Waals surface area contributed by atoms with E-state index in [-0.39, 0.29) is 6.10 Å². The van der Waals surface area contributed by atoms with Crippen LogP contribution >= 0.6 is 11.6 Å². The molecule has 0 aromatic carbocycles. The smallest absolute Gasteiger partial charge is 0.103 e. The lowest BCUT2D eigenvalue weighted by molar-refractivity contribution is 0.0894. The van der Waals surface area contributed by atoms with Crippen molar-refractivity contribution in [1.82, 2.24) is 9.55 Å². The fraction of sp³-hybridized carbons (Fsp3) is 0.667. The molecule has 1 aliphatic heterocycles. The molecule has 4 heteroatoms.